The van der Waals surface area contributed by atoms with E-state index in [1.54, 1.807) is 12.1 Å². The summed E-state index contributed by atoms with van der Waals surface area (Å²) in [6, 6.07) is 6.13. The lowest BCUT2D eigenvalue weighted by Gasteiger charge is -2.22. The Bertz CT molecular complexity index is 569. The quantitative estimate of drug-likeness (QED) is 0.887. The molecule has 0 saturated carbocycles. The van der Waals surface area contributed by atoms with Gasteiger partial charge < -0.3 is 10.6 Å². The van der Waals surface area contributed by atoms with E-state index in [4.69, 9.17) is 0 Å². The van der Waals surface area contributed by atoms with Gasteiger partial charge in [0, 0.05) is 11.9 Å². The van der Waals surface area contributed by atoms with Crippen molar-refractivity contribution in [2.75, 3.05) is 18.1 Å². The van der Waals surface area contributed by atoms with E-state index in [1.165, 1.54) is 12.1 Å². The van der Waals surface area contributed by atoms with Crippen molar-refractivity contribution in [2.24, 2.45) is 0 Å². The standard InChI is InChI=1S/C13H18N2O3S.ClH/c1-19(17,18)11-6-4-5-10(9-11)15-13(16)12-7-2-3-8-14-12;/h4-6,9,12,14H,2-3,7-8H2,1H3,(H,15,16);1H/t12-;/m0./s1. The Morgan fingerprint density at radius 1 is 1.35 bits per heavy atom. The summed E-state index contributed by atoms with van der Waals surface area (Å²) in [5, 5.41) is 5.91. The van der Waals surface area contributed by atoms with Crippen LogP contribution in [-0.4, -0.2) is 33.2 Å². The first-order valence-corrected chi connectivity index (χ1v) is 8.20. The smallest absolute Gasteiger partial charge is 0.241 e. The number of amides is 1. The second-order valence-electron chi connectivity index (χ2n) is 4.79. The fourth-order valence-corrected chi connectivity index (χ4v) is 2.78. The van der Waals surface area contributed by atoms with Crippen LogP contribution < -0.4 is 10.6 Å². The van der Waals surface area contributed by atoms with Crippen molar-refractivity contribution in [3.63, 3.8) is 0 Å². The van der Waals surface area contributed by atoms with Crippen LogP contribution >= 0.6 is 12.4 Å². The molecule has 1 atom stereocenters. The highest BCUT2D eigenvalue weighted by Crippen LogP contribution is 2.16. The van der Waals surface area contributed by atoms with Crippen LogP contribution in [-0.2, 0) is 14.6 Å². The number of anilines is 1. The summed E-state index contributed by atoms with van der Waals surface area (Å²) in [7, 11) is -3.25. The van der Waals surface area contributed by atoms with Gasteiger partial charge in [0.25, 0.3) is 0 Å². The van der Waals surface area contributed by atoms with Crippen LogP contribution in [0, 0.1) is 0 Å². The second-order valence-corrected chi connectivity index (χ2v) is 6.81. The average Bonchev–Trinajstić information content (AvgIpc) is 2.39. The minimum absolute atomic E-state index is 0. The van der Waals surface area contributed by atoms with Crippen LogP contribution in [0.5, 0.6) is 0 Å². The Hall–Kier alpha value is -1.11. The van der Waals surface area contributed by atoms with Crippen molar-refractivity contribution >= 4 is 33.8 Å². The molecule has 0 bridgehead atoms. The number of carbonyl (C=O) groups is 1. The molecule has 5 nitrogen and oxygen atoms in total. The number of rotatable bonds is 3. The number of halogens is 1. The summed E-state index contributed by atoms with van der Waals surface area (Å²) in [4.78, 5) is 12.2. The first-order chi connectivity index (χ1) is 8.97. The van der Waals surface area contributed by atoms with Crippen LogP contribution in [0.2, 0.25) is 0 Å². The Balaban J connectivity index is 0.00000200. The highest BCUT2D eigenvalue weighted by Gasteiger charge is 2.20. The lowest BCUT2D eigenvalue weighted by Crippen LogP contribution is -2.43. The predicted octanol–water partition coefficient (Wildman–Crippen LogP) is 1.59. The van der Waals surface area contributed by atoms with E-state index in [2.05, 4.69) is 10.6 Å². The third kappa shape index (κ3) is 4.47. The predicted molar refractivity (Wildman–Crippen MR) is 81.1 cm³/mol. The van der Waals surface area contributed by atoms with Crippen LogP contribution in [0.15, 0.2) is 29.2 Å². The number of benzene rings is 1. The molecule has 1 aromatic carbocycles. The zero-order valence-corrected chi connectivity index (χ0v) is 12.9. The van der Waals surface area contributed by atoms with E-state index < -0.39 is 9.84 Å². The fraction of sp³-hybridized carbons (Fsp3) is 0.462. The molecule has 2 rings (SSSR count). The van der Waals surface area contributed by atoms with E-state index in [9.17, 15) is 13.2 Å². The molecule has 1 aliphatic rings. The summed E-state index contributed by atoms with van der Waals surface area (Å²) in [5.41, 5.74) is 0.514. The molecule has 0 aliphatic carbocycles. The molecule has 0 spiro atoms. The molecule has 1 heterocycles. The van der Waals surface area contributed by atoms with Crippen LogP contribution in [0.25, 0.3) is 0 Å². The molecule has 1 amide bonds. The minimum Gasteiger partial charge on any atom is -0.325 e. The lowest BCUT2D eigenvalue weighted by atomic mass is 10.0. The minimum atomic E-state index is -3.25. The summed E-state index contributed by atoms with van der Waals surface area (Å²) < 4.78 is 22.9. The van der Waals surface area contributed by atoms with Crippen molar-refractivity contribution < 1.29 is 13.2 Å². The molecule has 2 N–H and O–H groups in total. The molecule has 0 aromatic heterocycles. The zero-order valence-electron chi connectivity index (χ0n) is 11.3. The van der Waals surface area contributed by atoms with Gasteiger partial charge in [-0.2, -0.15) is 0 Å². The van der Waals surface area contributed by atoms with E-state index in [0.717, 1.165) is 32.1 Å². The van der Waals surface area contributed by atoms with Crippen LogP contribution in [0.4, 0.5) is 5.69 Å². The van der Waals surface area contributed by atoms with Gasteiger partial charge in [-0.1, -0.05) is 12.5 Å². The number of sulfone groups is 1. The van der Waals surface area contributed by atoms with E-state index in [0.29, 0.717) is 5.69 Å². The number of nitrogens with one attached hydrogen (secondary N) is 2. The molecule has 1 aliphatic heterocycles. The zero-order chi connectivity index (χ0) is 13.9. The molecule has 0 radical (unpaired) electrons. The number of hydrogen-bond donors (Lipinski definition) is 2. The Labute approximate surface area is 125 Å². The van der Waals surface area contributed by atoms with Crippen molar-refractivity contribution in [1.82, 2.24) is 5.32 Å². The van der Waals surface area contributed by atoms with Gasteiger partial charge in [0.05, 0.1) is 10.9 Å². The molecule has 7 heteroatoms. The maximum Gasteiger partial charge on any atom is 0.241 e. The van der Waals surface area contributed by atoms with E-state index >= 15 is 0 Å². The van der Waals surface area contributed by atoms with Crippen LogP contribution in [0.3, 0.4) is 0 Å². The van der Waals surface area contributed by atoms with Gasteiger partial charge in [-0.3, -0.25) is 4.79 Å². The topological polar surface area (TPSA) is 75.3 Å². The highest BCUT2D eigenvalue weighted by atomic mass is 35.5. The van der Waals surface area contributed by atoms with Gasteiger partial charge in [-0.25, -0.2) is 8.42 Å². The summed E-state index contributed by atoms with van der Waals surface area (Å²) >= 11 is 0. The van der Waals surface area contributed by atoms with Gasteiger partial charge in [0.15, 0.2) is 9.84 Å². The maximum atomic E-state index is 12.0. The number of carbonyl (C=O) groups excluding carboxylic acids is 1. The second kappa shape index (κ2) is 7.06. The normalized spacial score (nSPS) is 18.9. The maximum absolute atomic E-state index is 12.0. The molecule has 0 unspecified atom stereocenters. The lowest BCUT2D eigenvalue weighted by molar-refractivity contribution is -0.118. The third-order valence-electron chi connectivity index (χ3n) is 3.16. The molecule has 1 saturated heterocycles. The van der Waals surface area contributed by atoms with Crippen molar-refractivity contribution in [1.29, 1.82) is 0 Å². The summed E-state index contributed by atoms with van der Waals surface area (Å²) in [6.45, 7) is 0.849. The monoisotopic (exact) mass is 318 g/mol. The average molecular weight is 319 g/mol. The number of piperidine rings is 1. The molecule has 1 fully saturated rings. The van der Waals surface area contributed by atoms with Gasteiger partial charge in [0.2, 0.25) is 5.91 Å². The van der Waals surface area contributed by atoms with Crippen molar-refractivity contribution in [2.45, 2.75) is 30.2 Å². The molecular formula is C13H19ClN2O3S. The molecule has 20 heavy (non-hydrogen) atoms. The van der Waals surface area contributed by atoms with Crippen molar-refractivity contribution in [3.05, 3.63) is 24.3 Å². The summed E-state index contributed by atoms with van der Waals surface area (Å²) in [5.74, 6) is -0.106. The van der Waals surface area contributed by atoms with Gasteiger partial charge in [-0.05, 0) is 37.6 Å². The summed E-state index contributed by atoms with van der Waals surface area (Å²) in [6.07, 6.45) is 4.09. The third-order valence-corrected chi connectivity index (χ3v) is 4.27. The van der Waals surface area contributed by atoms with Gasteiger partial charge >= 0.3 is 0 Å². The first-order valence-electron chi connectivity index (χ1n) is 6.31. The van der Waals surface area contributed by atoms with Gasteiger partial charge in [0.1, 0.15) is 0 Å². The van der Waals surface area contributed by atoms with Crippen molar-refractivity contribution in [3.8, 4) is 0 Å². The Morgan fingerprint density at radius 3 is 2.70 bits per heavy atom. The SMILES string of the molecule is CS(=O)(=O)c1cccc(NC(=O)[C@@H]2CCCCN2)c1.Cl. The Kier molecular flexibility index (Phi) is 5.98. The molecule has 112 valence electrons. The van der Waals surface area contributed by atoms with Gasteiger partial charge in [-0.15, -0.1) is 12.4 Å². The molecule has 1 aromatic rings. The fourth-order valence-electron chi connectivity index (χ4n) is 2.11. The Morgan fingerprint density at radius 2 is 2.10 bits per heavy atom. The molecular weight excluding hydrogens is 300 g/mol. The van der Waals surface area contributed by atoms with E-state index in [1.807, 2.05) is 0 Å². The van der Waals surface area contributed by atoms with E-state index in [-0.39, 0.29) is 29.3 Å². The number of hydrogen-bond acceptors (Lipinski definition) is 4. The first kappa shape index (κ1) is 16.9. The highest BCUT2D eigenvalue weighted by molar-refractivity contribution is 7.90. The largest absolute Gasteiger partial charge is 0.325 e. The van der Waals surface area contributed by atoms with Crippen LogP contribution in [0.1, 0.15) is 19.3 Å².